The number of aliphatic hydroxyl groups excluding tert-OH is 2. The van der Waals surface area contributed by atoms with Gasteiger partial charge < -0.3 is 30.3 Å². The minimum atomic E-state index is -2.05. The maximum atomic E-state index is 14.0. The minimum Gasteiger partial charge on any atom is -0.479 e. The van der Waals surface area contributed by atoms with Gasteiger partial charge >= 0.3 is 18.0 Å². The van der Waals surface area contributed by atoms with Crippen LogP contribution in [0.1, 0.15) is 28.4 Å². The molecule has 0 saturated carbocycles. The second-order valence-electron chi connectivity index (χ2n) is 10.7. The van der Waals surface area contributed by atoms with E-state index >= 15 is 0 Å². The summed E-state index contributed by atoms with van der Waals surface area (Å²) in [6, 6.07) is 2.46. The van der Waals surface area contributed by atoms with Crippen LogP contribution in [0.4, 0.5) is 14.3 Å². The number of amidine groups is 1. The fraction of sp³-hybridized carbons (Fsp3) is 0.357. The van der Waals surface area contributed by atoms with Gasteiger partial charge in [-0.05, 0) is 12.1 Å². The number of esters is 1. The monoisotopic (exact) mass is 691 g/mol. The van der Waals surface area contributed by atoms with E-state index < -0.39 is 36.0 Å². The largest absolute Gasteiger partial charge is 0.479 e. The van der Waals surface area contributed by atoms with Gasteiger partial charge in [0, 0.05) is 59.4 Å². The third-order valence-electron chi connectivity index (χ3n) is 7.84. The Balaban J connectivity index is 1.25. The minimum absolute atomic E-state index is 0.0478. The van der Waals surface area contributed by atoms with Gasteiger partial charge in [-0.3, -0.25) is 14.8 Å². The number of carbonyl (C=O) groups is 3. The molecule has 0 spiro atoms. The molecule has 1 aromatic carbocycles. The van der Waals surface area contributed by atoms with Crippen molar-refractivity contribution >= 4 is 63.2 Å². The van der Waals surface area contributed by atoms with Crippen LogP contribution in [-0.4, -0.2) is 111 Å². The van der Waals surface area contributed by atoms with Crippen LogP contribution in [0.15, 0.2) is 51.4 Å². The molecule has 0 aliphatic carbocycles. The lowest BCUT2D eigenvalue weighted by atomic mass is 9.95. The van der Waals surface area contributed by atoms with Crippen molar-refractivity contribution in [2.24, 2.45) is 4.99 Å². The van der Waals surface area contributed by atoms with E-state index in [2.05, 4.69) is 20.2 Å². The molecule has 2 aromatic heterocycles. The van der Waals surface area contributed by atoms with E-state index in [1.165, 1.54) is 40.9 Å². The van der Waals surface area contributed by atoms with E-state index in [0.717, 1.165) is 17.4 Å². The highest BCUT2D eigenvalue weighted by atomic mass is 35.5. The van der Waals surface area contributed by atoms with Crippen LogP contribution in [0.2, 0.25) is 5.02 Å². The number of hydrogen-bond donors (Lipinski definition) is 4. The summed E-state index contributed by atoms with van der Waals surface area (Å²) >= 11 is 8.86. The number of carbonyl (C=O) groups excluding carboxylic acids is 2. The molecule has 3 aliphatic rings. The Morgan fingerprint density at radius 3 is 2.74 bits per heavy atom. The summed E-state index contributed by atoms with van der Waals surface area (Å²) in [6.07, 6.45) is -2.17. The molecule has 0 radical (unpaired) electrons. The van der Waals surface area contributed by atoms with Crippen LogP contribution >= 0.6 is 34.3 Å². The number of methoxy groups -OCH3 is 1. The number of aliphatic hydroxyl groups is 2. The Hall–Kier alpha value is -4.00. The van der Waals surface area contributed by atoms with Gasteiger partial charge in [-0.1, -0.05) is 17.7 Å². The standard InChI is InChI=1S/C28H27ClFN7O7S2/c1-44-26(42)19-17(32-23(24-31-4-7-45-24)34-20(19)15-3-2-13(30)8-16(15)29)11-35-5-6-36-14(9-35)10-37(28(36)43)27-33-18(12-46-27)21(38)22(39)25(40)41/h2-4,7-8,12,14,20-22,38-39H,5-6,9-11H2,1H3,(H,32,34)(H,40,41)/t14-,20-,21?,22?/m0/s1. The Labute approximate surface area is 274 Å². The molecule has 14 nitrogen and oxygen atoms in total. The number of halogens is 2. The molecule has 46 heavy (non-hydrogen) atoms. The van der Waals surface area contributed by atoms with Gasteiger partial charge in [0.25, 0.3) is 0 Å². The van der Waals surface area contributed by atoms with Crippen molar-refractivity contribution in [2.75, 3.05) is 44.7 Å². The van der Waals surface area contributed by atoms with E-state index in [-0.39, 0.29) is 46.6 Å². The number of nitrogens with one attached hydrogen (secondary N) is 1. The molecule has 0 bridgehead atoms. The summed E-state index contributed by atoms with van der Waals surface area (Å²) in [5, 5.41) is 36.3. The number of benzene rings is 1. The number of rotatable bonds is 9. The highest BCUT2D eigenvalue weighted by Gasteiger charge is 2.43. The normalized spacial score (nSPS) is 21.5. The Morgan fingerprint density at radius 1 is 1.24 bits per heavy atom. The Bertz CT molecular complexity index is 1740. The predicted molar refractivity (Wildman–Crippen MR) is 165 cm³/mol. The van der Waals surface area contributed by atoms with Crippen molar-refractivity contribution in [3.63, 3.8) is 0 Å². The number of piperazine rings is 1. The third kappa shape index (κ3) is 6.08. The number of thiazole rings is 2. The van der Waals surface area contributed by atoms with Crippen LogP contribution in [0.25, 0.3) is 0 Å². The summed E-state index contributed by atoms with van der Waals surface area (Å²) in [6.45, 7) is 1.81. The number of fused-ring (bicyclic) bond motifs is 1. The molecule has 2 unspecified atom stereocenters. The number of amides is 2. The number of anilines is 1. The second-order valence-corrected chi connectivity index (χ2v) is 12.8. The lowest BCUT2D eigenvalue weighted by Crippen LogP contribution is -2.53. The fourth-order valence-electron chi connectivity index (χ4n) is 5.60. The first-order chi connectivity index (χ1) is 22.0. The van der Waals surface area contributed by atoms with E-state index in [0.29, 0.717) is 41.7 Å². The summed E-state index contributed by atoms with van der Waals surface area (Å²) in [5.41, 5.74) is 1.08. The Morgan fingerprint density at radius 2 is 2.04 bits per heavy atom. The van der Waals surface area contributed by atoms with Crippen molar-refractivity contribution in [1.29, 1.82) is 0 Å². The van der Waals surface area contributed by atoms with Gasteiger partial charge in [0.15, 0.2) is 22.1 Å². The number of ether oxygens (including phenoxy) is 1. The Kier molecular flexibility index (Phi) is 9.04. The summed E-state index contributed by atoms with van der Waals surface area (Å²) in [5.74, 6) is -2.34. The van der Waals surface area contributed by atoms with Crippen LogP contribution in [-0.2, 0) is 14.3 Å². The van der Waals surface area contributed by atoms with Crippen molar-refractivity contribution < 1.29 is 38.8 Å². The molecule has 3 aliphatic heterocycles. The number of carboxylic acid groups (broad SMARTS) is 1. The smallest absolute Gasteiger partial charge is 0.338 e. The van der Waals surface area contributed by atoms with Crippen molar-refractivity contribution in [2.45, 2.75) is 24.3 Å². The molecule has 6 rings (SSSR count). The van der Waals surface area contributed by atoms with Gasteiger partial charge in [0.1, 0.15) is 18.0 Å². The molecule has 242 valence electrons. The summed E-state index contributed by atoms with van der Waals surface area (Å²) in [7, 11) is 1.26. The molecule has 18 heteroatoms. The van der Waals surface area contributed by atoms with Crippen LogP contribution < -0.4 is 10.2 Å². The van der Waals surface area contributed by atoms with Crippen molar-refractivity contribution in [3.8, 4) is 0 Å². The SMILES string of the molecule is COC(=O)C1=C(CN2CCN3C(=O)N(c4nc(C(O)C(O)C(=O)O)cs4)C[C@@H]3C2)NC(c2nccs2)=N[C@H]1c1ccc(F)cc1Cl. The summed E-state index contributed by atoms with van der Waals surface area (Å²) in [4.78, 5) is 56.3. The number of aliphatic imine (C=N–C) groups is 1. The molecule has 5 heterocycles. The van der Waals surface area contributed by atoms with Crippen LogP contribution in [0.3, 0.4) is 0 Å². The van der Waals surface area contributed by atoms with Gasteiger partial charge in [0.2, 0.25) is 0 Å². The van der Waals surface area contributed by atoms with Gasteiger partial charge in [-0.15, -0.1) is 22.7 Å². The second kappa shape index (κ2) is 13.0. The van der Waals surface area contributed by atoms with Gasteiger partial charge in [0.05, 0.1) is 31.0 Å². The number of carboxylic acids is 1. The molecular formula is C28H27ClFN7O7S2. The first-order valence-corrected chi connectivity index (χ1v) is 16.0. The lowest BCUT2D eigenvalue weighted by Gasteiger charge is -2.38. The number of aliphatic carboxylic acids is 1. The molecule has 3 aromatic rings. The molecule has 4 atom stereocenters. The third-order valence-corrected chi connectivity index (χ3v) is 9.83. The highest BCUT2D eigenvalue weighted by molar-refractivity contribution is 7.14. The maximum Gasteiger partial charge on any atom is 0.338 e. The van der Waals surface area contributed by atoms with E-state index in [9.17, 15) is 29.0 Å². The fourth-order valence-corrected chi connectivity index (χ4v) is 7.31. The average molecular weight is 692 g/mol. The first-order valence-electron chi connectivity index (χ1n) is 13.9. The number of aromatic nitrogens is 2. The highest BCUT2D eigenvalue weighted by Crippen LogP contribution is 2.37. The van der Waals surface area contributed by atoms with E-state index in [1.54, 1.807) is 16.5 Å². The predicted octanol–water partition coefficient (Wildman–Crippen LogP) is 2.02. The van der Waals surface area contributed by atoms with Crippen LogP contribution in [0.5, 0.6) is 0 Å². The van der Waals surface area contributed by atoms with Gasteiger partial charge in [-0.2, -0.15) is 0 Å². The lowest BCUT2D eigenvalue weighted by molar-refractivity contribution is -0.153. The van der Waals surface area contributed by atoms with Gasteiger partial charge in [-0.25, -0.2) is 28.7 Å². The topological polar surface area (TPSA) is 181 Å². The number of urea groups is 1. The zero-order valence-corrected chi connectivity index (χ0v) is 26.4. The molecule has 4 N–H and O–H groups in total. The van der Waals surface area contributed by atoms with Crippen molar-refractivity contribution in [1.82, 2.24) is 25.1 Å². The molecule has 2 saturated heterocycles. The number of nitrogens with zero attached hydrogens (tertiary/aromatic N) is 6. The average Bonchev–Trinajstić information content (AvgIpc) is 3.81. The number of hydrogen-bond acceptors (Lipinski definition) is 13. The maximum absolute atomic E-state index is 14.0. The molecular weight excluding hydrogens is 665 g/mol. The summed E-state index contributed by atoms with van der Waals surface area (Å²) < 4.78 is 19.1. The zero-order valence-electron chi connectivity index (χ0n) is 24.0. The first kappa shape index (κ1) is 32.0. The van der Waals surface area contributed by atoms with E-state index in [1.807, 2.05) is 0 Å². The van der Waals surface area contributed by atoms with Crippen molar-refractivity contribution in [3.05, 3.63) is 73.5 Å². The van der Waals surface area contributed by atoms with Crippen LogP contribution in [0, 0.1) is 5.82 Å². The van der Waals surface area contributed by atoms with E-state index in [4.69, 9.17) is 26.4 Å². The quantitative estimate of drug-likeness (QED) is 0.241. The molecule has 2 fully saturated rings. The zero-order chi connectivity index (χ0) is 32.7. The molecule has 2 amide bonds.